The smallest absolute Gasteiger partial charge is 0.306 e. The van der Waals surface area contributed by atoms with Crippen LogP contribution in [0.5, 0.6) is 0 Å². The minimum Gasteiger partial charge on any atom is -0.462 e. The molecule has 6 nitrogen and oxygen atoms in total. The number of carbonyl (C=O) groups excluding carboxylic acids is 3. The van der Waals surface area contributed by atoms with E-state index in [1.807, 2.05) is 0 Å². The number of hydrogen-bond acceptors (Lipinski definition) is 6. The molecule has 0 N–H and O–H groups in total. The van der Waals surface area contributed by atoms with E-state index in [9.17, 15) is 14.4 Å². The predicted molar refractivity (Wildman–Crippen MR) is 303 cm³/mol. The number of unbranched alkanes of at least 4 members (excludes halogenated alkanes) is 42. The first-order chi connectivity index (χ1) is 34.3. The molecule has 0 heterocycles. The van der Waals surface area contributed by atoms with Crippen molar-refractivity contribution in [2.24, 2.45) is 11.8 Å². The molecule has 0 rings (SSSR count). The first-order valence-corrected chi connectivity index (χ1v) is 31.8. The van der Waals surface area contributed by atoms with E-state index in [0.29, 0.717) is 19.3 Å². The molecule has 0 fully saturated rings. The van der Waals surface area contributed by atoms with Crippen molar-refractivity contribution in [1.29, 1.82) is 0 Å². The monoisotopic (exact) mass is 989 g/mol. The number of rotatable bonds is 58. The van der Waals surface area contributed by atoms with Gasteiger partial charge in [0.05, 0.1) is 0 Å². The highest BCUT2D eigenvalue weighted by Crippen LogP contribution is 2.19. The quantitative estimate of drug-likeness (QED) is 0.0343. The Balaban J connectivity index is 4.27. The minimum atomic E-state index is -0.764. The molecule has 0 aromatic rings. The SMILES string of the molecule is CCCCCCCCCCCCCCCCCCCC(=O)OC[C@H](COC(=O)CCCCCCCCCCCCC(C)CC)OC(=O)CCCCCCCCCCCCCCCCCCCCC(C)C. The van der Waals surface area contributed by atoms with Gasteiger partial charge in [-0.3, -0.25) is 14.4 Å². The molecule has 0 spiro atoms. The Bertz CT molecular complexity index is 1070. The van der Waals surface area contributed by atoms with Crippen LogP contribution < -0.4 is 0 Å². The summed E-state index contributed by atoms with van der Waals surface area (Å²) in [4.78, 5) is 38.3. The van der Waals surface area contributed by atoms with Crippen LogP contribution in [0, 0.1) is 11.8 Å². The Morgan fingerprint density at radius 3 is 0.814 bits per heavy atom. The van der Waals surface area contributed by atoms with Gasteiger partial charge in [0.1, 0.15) is 13.2 Å². The Morgan fingerprint density at radius 2 is 0.543 bits per heavy atom. The van der Waals surface area contributed by atoms with Gasteiger partial charge in [-0.05, 0) is 31.1 Å². The summed E-state index contributed by atoms with van der Waals surface area (Å²) in [7, 11) is 0. The summed E-state index contributed by atoms with van der Waals surface area (Å²) in [6, 6.07) is 0. The van der Waals surface area contributed by atoms with Crippen molar-refractivity contribution in [2.45, 2.75) is 368 Å². The molecular formula is C64H124O6. The highest BCUT2D eigenvalue weighted by Gasteiger charge is 2.19. The van der Waals surface area contributed by atoms with E-state index in [2.05, 4.69) is 34.6 Å². The van der Waals surface area contributed by atoms with E-state index in [1.165, 1.54) is 250 Å². The number of esters is 3. The highest BCUT2D eigenvalue weighted by molar-refractivity contribution is 5.71. The molecular weight excluding hydrogens is 865 g/mol. The molecule has 1 unspecified atom stereocenters. The summed E-state index contributed by atoms with van der Waals surface area (Å²) in [5, 5.41) is 0. The first kappa shape index (κ1) is 68.4. The van der Waals surface area contributed by atoms with E-state index < -0.39 is 6.10 Å². The van der Waals surface area contributed by atoms with Gasteiger partial charge >= 0.3 is 17.9 Å². The van der Waals surface area contributed by atoms with Gasteiger partial charge in [0.25, 0.3) is 0 Å². The van der Waals surface area contributed by atoms with Crippen LogP contribution in [-0.2, 0) is 28.6 Å². The van der Waals surface area contributed by atoms with Crippen molar-refractivity contribution < 1.29 is 28.6 Å². The Labute approximate surface area is 438 Å². The fraction of sp³-hybridized carbons (Fsp3) is 0.953. The maximum Gasteiger partial charge on any atom is 0.306 e. The molecule has 2 atom stereocenters. The lowest BCUT2D eigenvalue weighted by atomic mass is 9.99. The van der Waals surface area contributed by atoms with Crippen LogP contribution in [0.15, 0.2) is 0 Å². The van der Waals surface area contributed by atoms with Gasteiger partial charge in [0.15, 0.2) is 6.10 Å². The average Bonchev–Trinajstić information content (AvgIpc) is 3.35. The van der Waals surface area contributed by atoms with Crippen molar-refractivity contribution in [3.8, 4) is 0 Å². The fourth-order valence-corrected chi connectivity index (χ4v) is 9.90. The maximum absolute atomic E-state index is 12.9. The molecule has 0 aliphatic heterocycles. The third-order valence-electron chi connectivity index (χ3n) is 15.1. The maximum atomic E-state index is 12.9. The van der Waals surface area contributed by atoms with Crippen molar-refractivity contribution in [1.82, 2.24) is 0 Å². The molecule has 0 aliphatic carbocycles. The van der Waals surface area contributed by atoms with Gasteiger partial charge in [-0.15, -0.1) is 0 Å². The van der Waals surface area contributed by atoms with Crippen LogP contribution >= 0.6 is 0 Å². The molecule has 0 saturated heterocycles. The van der Waals surface area contributed by atoms with Crippen molar-refractivity contribution >= 4 is 17.9 Å². The van der Waals surface area contributed by atoms with E-state index in [4.69, 9.17) is 14.2 Å². The first-order valence-electron chi connectivity index (χ1n) is 31.8. The van der Waals surface area contributed by atoms with Crippen molar-refractivity contribution in [2.75, 3.05) is 13.2 Å². The fourth-order valence-electron chi connectivity index (χ4n) is 9.90. The molecule has 0 aromatic carbocycles. The Kier molecular flexibility index (Phi) is 55.4. The Hall–Kier alpha value is -1.59. The van der Waals surface area contributed by atoms with Crippen molar-refractivity contribution in [3.05, 3.63) is 0 Å². The van der Waals surface area contributed by atoms with Gasteiger partial charge < -0.3 is 14.2 Å². The topological polar surface area (TPSA) is 78.9 Å². The van der Waals surface area contributed by atoms with Crippen LogP contribution in [0.4, 0.5) is 0 Å². The van der Waals surface area contributed by atoms with Gasteiger partial charge in [0, 0.05) is 19.3 Å². The molecule has 6 heteroatoms. The zero-order valence-corrected chi connectivity index (χ0v) is 48.2. The highest BCUT2D eigenvalue weighted by atomic mass is 16.6. The summed E-state index contributed by atoms with van der Waals surface area (Å²) < 4.78 is 17.0. The van der Waals surface area contributed by atoms with Crippen LogP contribution in [0.1, 0.15) is 362 Å². The van der Waals surface area contributed by atoms with Gasteiger partial charge in [-0.25, -0.2) is 0 Å². The Morgan fingerprint density at radius 1 is 0.300 bits per heavy atom. The zero-order chi connectivity index (χ0) is 51.1. The third-order valence-corrected chi connectivity index (χ3v) is 15.1. The lowest BCUT2D eigenvalue weighted by Crippen LogP contribution is -2.30. The summed E-state index contributed by atoms with van der Waals surface area (Å²) in [5.41, 5.74) is 0. The molecule has 70 heavy (non-hydrogen) atoms. The van der Waals surface area contributed by atoms with E-state index >= 15 is 0 Å². The second-order valence-electron chi connectivity index (χ2n) is 22.8. The molecule has 416 valence electrons. The molecule has 0 bridgehead atoms. The number of hydrogen-bond donors (Lipinski definition) is 0. The average molecular weight is 990 g/mol. The second-order valence-corrected chi connectivity index (χ2v) is 22.8. The minimum absolute atomic E-state index is 0.0621. The predicted octanol–water partition coefficient (Wildman–Crippen LogP) is 21.2. The van der Waals surface area contributed by atoms with Crippen LogP contribution in [-0.4, -0.2) is 37.2 Å². The molecule has 0 saturated carbocycles. The van der Waals surface area contributed by atoms with E-state index in [0.717, 1.165) is 69.6 Å². The summed E-state index contributed by atoms with van der Waals surface area (Å²) in [6.07, 6.45) is 62.4. The molecule has 0 aromatic heterocycles. The lowest BCUT2D eigenvalue weighted by Gasteiger charge is -2.18. The van der Waals surface area contributed by atoms with Crippen LogP contribution in [0.3, 0.4) is 0 Å². The van der Waals surface area contributed by atoms with Gasteiger partial charge in [-0.2, -0.15) is 0 Å². The van der Waals surface area contributed by atoms with Crippen LogP contribution in [0.25, 0.3) is 0 Å². The molecule has 0 radical (unpaired) electrons. The number of ether oxygens (including phenoxy) is 3. The second kappa shape index (κ2) is 56.7. The normalized spacial score (nSPS) is 12.4. The van der Waals surface area contributed by atoms with Gasteiger partial charge in [0.2, 0.25) is 0 Å². The van der Waals surface area contributed by atoms with E-state index in [-0.39, 0.29) is 31.1 Å². The zero-order valence-electron chi connectivity index (χ0n) is 48.2. The standard InChI is InChI=1S/C64H124O6/c1-6-8-9-10-11-12-13-14-15-18-22-25-28-34-39-44-49-54-62(65)68-57-61(58-69-63(66)55-50-45-40-35-31-30-33-38-43-48-53-60(5)7-2)70-64(67)56-51-46-41-36-29-26-23-20-17-16-19-21-24-27-32-37-42-47-52-59(3)4/h59-61H,6-58H2,1-5H3/t60?,61-/m1/s1. The number of carbonyl (C=O) groups is 3. The molecule has 0 amide bonds. The lowest BCUT2D eigenvalue weighted by molar-refractivity contribution is -0.167. The van der Waals surface area contributed by atoms with Crippen LogP contribution in [0.2, 0.25) is 0 Å². The summed E-state index contributed by atoms with van der Waals surface area (Å²) in [5.74, 6) is 0.895. The van der Waals surface area contributed by atoms with Gasteiger partial charge in [-0.1, -0.05) is 324 Å². The summed E-state index contributed by atoms with van der Waals surface area (Å²) in [6.45, 7) is 11.5. The largest absolute Gasteiger partial charge is 0.462 e. The van der Waals surface area contributed by atoms with E-state index in [1.54, 1.807) is 0 Å². The summed E-state index contributed by atoms with van der Waals surface area (Å²) >= 11 is 0. The molecule has 0 aliphatic rings. The third kappa shape index (κ3) is 55.7. The van der Waals surface area contributed by atoms with Crippen molar-refractivity contribution in [3.63, 3.8) is 0 Å².